The van der Waals surface area contributed by atoms with Crippen LogP contribution in [0.3, 0.4) is 0 Å². The highest BCUT2D eigenvalue weighted by Crippen LogP contribution is 2.20. The highest BCUT2D eigenvalue weighted by molar-refractivity contribution is 5.60. The van der Waals surface area contributed by atoms with Gasteiger partial charge in [0.2, 0.25) is 5.95 Å². The minimum atomic E-state index is 0.238. The molecule has 1 aromatic heterocycles. The van der Waals surface area contributed by atoms with Crippen molar-refractivity contribution in [2.45, 2.75) is 25.4 Å². The van der Waals surface area contributed by atoms with Gasteiger partial charge in [0, 0.05) is 18.7 Å². The van der Waals surface area contributed by atoms with Crippen molar-refractivity contribution < 1.29 is 9.47 Å². The molecular weight excluding hydrogens is 280 g/mol. The van der Waals surface area contributed by atoms with Gasteiger partial charge in [-0.3, -0.25) is 0 Å². The van der Waals surface area contributed by atoms with Crippen molar-refractivity contribution in [2.75, 3.05) is 25.6 Å². The summed E-state index contributed by atoms with van der Waals surface area (Å²) in [6, 6.07) is 7.72. The third kappa shape index (κ3) is 3.71. The summed E-state index contributed by atoms with van der Waals surface area (Å²) in [4.78, 5) is 4.50. The maximum absolute atomic E-state index is 5.69. The molecule has 2 aromatic rings. The van der Waals surface area contributed by atoms with Crippen molar-refractivity contribution in [1.29, 1.82) is 0 Å². The molecule has 6 heteroatoms. The highest BCUT2D eigenvalue weighted by Gasteiger charge is 2.14. The molecule has 1 unspecified atom stereocenters. The molecule has 1 aliphatic heterocycles. The summed E-state index contributed by atoms with van der Waals surface area (Å²) < 4.78 is 10.8. The Balaban J connectivity index is 1.66. The lowest BCUT2D eigenvalue weighted by Gasteiger charge is -2.22. The van der Waals surface area contributed by atoms with Crippen LogP contribution in [0.25, 0.3) is 11.3 Å². The lowest BCUT2D eigenvalue weighted by molar-refractivity contribution is 0.0246. The number of ether oxygens (including phenoxy) is 2. The van der Waals surface area contributed by atoms with E-state index in [-0.39, 0.29) is 6.10 Å². The van der Waals surface area contributed by atoms with Crippen molar-refractivity contribution in [1.82, 2.24) is 15.2 Å². The van der Waals surface area contributed by atoms with Gasteiger partial charge in [0.15, 0.2) is 0 Å². The number of benzene rings is 1. The summed E-state index contributed by atoms with van der Waals surface area (Å²) in [5.41, 5.74) is 1.76. The van der Waals surface area contributed by atoms with Crippen LogP contribution in [0, 0.1) is 0 Å². The molecular formula is C16H20N4O2. The van der Waals surface area contributed by atoms with Crippen LogP contribution in [0.5, 0.6) is 5.75 Å². The summed E-state index contributed by atoms with van der Waals surface area (Å²) in [7, 11) is 1.65. The smallest absolute Gasteiger partial charge is 0.243 e. The van der Waals surface area contributed by atoms with Crippen LogP contribution < -0.4 is 10.1 Å². The quantitative estimate of drug-likeness (QED) is 0.915. The summed E-state index contributed by atoms with van der Waals surface area (Å²) in [6.07, 6.45) is 5.35. The Morgan fingerprint density at radius 3 is 2.86 bits per heavy atom. The molecule has 0 saturated carbocycles. The summed E-state index contributed by atoms with van der Waals surface area (Å²) in [6.45, 7) is 1.56. The van der Waals surface area contributed by atoms with Crippen LogP contribution in [0.15, 0.2) is 30.5 Å². The van der Waals surface area contributed by atoms with Gasteiger partial charge >= 0.3 is 0 Å². The fraction of sp³-hybridized carbons (Fsp3) is 0.438. The average Bonchev–Trinajstić information content (AvgIpc) is 2.61. The fourth-order valence-electron chi connectivity index (χ4n) is 2.45. The van der Waals surface area contributed by atoms with E-state index in [1.807, 2.05) is 24.3 Å². The molecule has 22 heavy (non-hydrogen) atoms. The maximum Gasteiger partial charge on any atom is 0.243 e. The van der Waals surface area contributed by atoms with Crippen LogP contribution in [0.1, 0.15) is 19.3 Å². The van der Waals surface area contributed by atoms with Crippen LogP contribution in [0.2, 0.25) is 0 Å². The molecule has 1 N–H and O–H groups in total. The number of methoxy groups -OCH3 is 1. The lowest BCUT2D eigenvalue weighted by Crippen LogP contribution is -2.27. The predicted octanol–water partition coefficient (Wildman–Crippen LogP) is 2.53. The minimum absolute atomic E-state index is 0.238. The van der Waals surface area contributed by atoms with E-state index in [1.54, 1.807) is 13.3 Å². The third-order valence-corrected chi connectivity index (χ3v) is 3.71. The summed E-state index contributed by atoms with van der Waals surface area (Å²) in [5, 5.41) is 11.3. The second-order valence-corrected chi connectivity index (χ2v) is 5.26. The third-order valence-electron chi connectivity index (χ3n) is 3.71. The Morgan fingerprint density at radius 1 is 1.27 bits per heavy atom. The van der Waals surface area contributed by atoms with E-state index >= 15 is 0 Å². The Bertz CT molecular complexity index is 597. The Kier molecular flexibility index (Phi) is 4.80. The van der Waals surface area contributed by atoms with Gasteiger partial charge in [-0.1, -0.05) is 0 Å². The fourth-order valence-corrected chi connectivity index (χ4v) is 2.45. The van der Waals surface area contributed by atoms with Crippen molar-refractivity contribution in [2.24, 2.45) is 0 Å². The van der Waals surface area contributed by atoms with Gasteiger partial charge in [-0.05, 0) is 43.5 Å². The molecule has 1 fully saturated rings. The molecule has 0 radical (unpaired) electrons. The van der Waals surface area contributed by atoms with Crippen molar-refractivity contribution in [3.63, 3.8) is 0 Å². The first-order chi connectivity index (χ1) is 10.8. The largest absolute Gasteiger partial charge is 0.497 e. The molecule has 1 aliphatic rings. The highest BCUT2D eigenvalue weighted by atomic mass is 16.5. The first-order valence-corrected chi connectivity index (χ1v) is 7.55. The summed E-state index contributed by atoms with van der Waals surface area (Å²) in [5.74, 6) is 1.35. The van der Waals surface area contributed by atoms with Crippen LogP contribution in [-0.2, 0) is 4.74 Å². The van der Waals surface area contributed by atoms with Crippen molar-refractivity contribution in [3.05, 3.63) is 30.5 Å². The zero-order valence-corrected chi connectivity index (χ0v) is 12.7. The standard InChI is InChI=1S/C16H20N4O2/c1-21-13-7-5-12(6-8-13)15-11-18-20-16(19-15)17-10-14-4-2-3-9-22-14/h5-8,11,14H,2-4,9-10H2,1H3,(H,17,19,20). The first kappa shape index (κ1) is 14.7. The number of nitrogens with one attached hydrogen (secondary N) is 1. The number of rotatable bonds is 5. The summed E-state index contributed by atoms with van der Waals surface area (Å²) >= 11 is 0. The monoisotopic (exact) mass is 300 g/mol. The predicted molar refractivity (Wildman–Crippen MR) is 83.9 cm³/mol. The second kappa shape index (κ2) is 7.17. The molecule has 3 rings (SSSR count). The number of nitrogens with zero attached hydrogens (tertiary/aromatic N) is 3. The number of hydrogen-bond donors (Lipinski definition) is 1. The van der Waals surface area contributed by atoms with E-state index in [2.05, 4.69) is 20.5 Å². The Morgan fingerprint density at radius 2 is 2.14 bits per heavy atom. The van der Waals surface area contributed by atoms with Crippen LogP contribution >= 0.6 is 0 Å². The van der Waals surface area contributed by atoms with Crippen LogP contribution in [-0.4, -0.2) is 41.5 Å². The molecule has 0 bridgehead atoms. The average molecular weight is 300 g/mol. The van der Waals surface area contributed by atoms with Gasteiger partial charge in [-0.15, -0.1) is 5.10 Å². The first-order valence-electron chi connectivity index (χ1n) is 7.55. The van der Waals surface area contributed by atoms with Gasteiger partial charge in [0.25, 0.3) is 0 Å². The molecule has 0 aliphatic carbocycles. The molecule has 0 amide bonds. The zero-order chi connectivity index (χ0) is 15.2. The molecule has 6 nitrogen and oxygen atoms in total. The van der Waals surface area contributed by atoms with Gasteiger partial charge in [0.1, 0.15) is 5.75 Å². The molecule has 1 saturated heterocycles. The normalized spacial score (nSPS) is 18.0. The molecule has 2 heterocycles. The van der Waals surface area contributed by atoms with E-state index < -0.39 is 0 Å². The second-order valence-electron chi connectivity index (χ2n) is 5.26. The van der Waals surface area contributed by atoms with Crippen molar-refractivity contribution >= 4 is 5.95 Å². The van der Waals surface area contributed by atoms with E-state index in [9.17, 15) is 0 Å². The van der Waals surface area contributed by atoms with E-state index in [0.717, 1.165) is 36.5 Å². The molecule has 1 atom stereocenters. The van der Waals surface area contributed by atoms with Gasteiger partial charge in [-0.2, -0.15) is 5.10 Å². The number of hydrogen-bond acceptors (Lipinski definition) is 6. The maximum atomic E-state index is 5.69. The van der Waals surface area contributed by atoms with E-state index in [1.165, 1.54) is 6.42 Å². The molecule has 116 valence electrons. The Labute approximate surface area is 129 Å². The molecule has 1 aromatic carbocycles. The topological polar surface area (TPSA) is 69.2 Å². The Hall–Kier alpha value is -2.21. The molecule has 0 spiro atoms. The van der Waals surface area contributed by atoms with Gasteiger partial charge in [-0.25, -0.2) is 4.98 Å². The van der Waals surface area contributed by atoms with Crippen LogP contribution in [0.4, 0.5) is 5.95 Å². The van der Waals surface area contributed by atoms with Gasteiger partial charge in [0.05, 0.1) is 25.1 Å². The van der Waals surface area contributed by atoms with E-state index in [0.29, 0.717) is 12.5 Å². The van der Waals surface area contributed by atoms with E-state index in [4.69, 9.17) is 9.47 Å². The SMILES string of the molecule is COc1ccc(-c2cnnc(NCC3CCCCO3)n2)cc1. The van der Waals surface area contributed by atoms with Gasteiger partial charge < -0.3 is 14.8 Å². The number of anilines is 1. The van der Waals surface area contributed by atoms with Crippen molar-refractivity contribution in [3.8, 4) is 17.0 Å². The minimum Gasteiger partial charge on any atom is -0.497 e. The zero-order valence-electron chi connectivity index (χ0n) is 12.7. The number of aromatic nitrogens is 3. The lowest BCUT2D eigenvalue weighted by atomic mass is 10.1.